The van der Waals surface area contributed by atoms with Crippen molar-refractivity contribution in [2.24, 2.45) is 5.10 Å². The first-order valence-electron chi connectivity index (χ1n) is 9.12. The predicted molar refractivity (Wildman–Crippen MR) is 112 cm³/mol. The third-order valence-corrected chi connectivity index (χ3v) is 4.28. The van der Waals surface area contributed by atoms with Gasteiger partial charge in [-0.05, 0) is 23.3 Å². The zero-order valence-electron chi connectivity index (χ0n) is 15.7. The number of phenolic OH excluding ortho intramolecular Hbond substituents is 1. The molecule has 2 amide bonds. The maximum atomic E-state index is 12.8. The summed E-state index contributed by atoms with van der Waals surface area (Å²) in [5.74, 6) is -1.20. The van der Waals surface area contributed by atoms with Crippen LogP contribution in [0.4, 0.5) is 0 Å². The fourth-order valence-electron chi connectivity index (χ4n) is 2.87. The highest BCUT2D eigenvalue weighted by Gasteiger charge is 2.22. The molecule has 0 aliphatic heterocycles. The van der Waals surface area contributed by atoms with Gasteiger partial charge in [-0.3, -0.25) is 9.59 Å². The molecule has 146 valence electrons. The molecular formula is C23H21N3O3. The third kappa shape index (κ3) is 5.52. The number of amides is 2. The van der Waals surface area contributed by atoms with Gasteiger partial charge >= 0.3 is 0 Å². The molecule has 0 unspecified atom stereocenters. The zero-order chi connectivity index (χ0) is 20.5. The maximum absolute atomic E-state index is 12.8. The summed E-state index contributed by atoms with van der Waals surface area (Å²) < 4.78 is 0. The summed E-state index contributed by atoms with van der Waals surface area (Å²) >= 11 is 0. The predicted octanol–water partition coefficient (Wildman–Crippen LogP) is 2.79. The van der Waals surface area contributed by atoms with Crippen LogP contribution in [-0.4, -0.2) is 29.7 Å². The number of hydrogen-bond acceptors (Lipinski definition) is 4. The first-order chi connectivity index (χ1) is 14.1. The lowest BCUT2D eigenvalue weighted by Gasteiger charge is -2.17. The second-order valence-corrected chi connectivity index (χ2v) is 6.32. The Hall–Kier alpha value is -3.93. The van der Waals surface area contributed by atoms with E-state index < -0.39 is 11.8 Å². The van der Waals surface area contributed by atoms with Gasteiger partial charge in [-0.15, -0.1) is 0 Å². The van der Waals surface area contributed by atoms with Crippen molar-refractivity contribution in [3.63, 3.8) is 0 Å². The van der Waals surface area contributed by atoms with Crippen molar-refractivity contribution in [1.29, 1.82) is 0 Å². The molecule has 0 saturated carbocycles. The van der Waals surface area contributed by atoms with Gasteiger partial charge in [0.2, 0.25) is 5.91 Å². The van der Waals surface area contributed by atoms with Crippen LogP contribution in [0.15, 0.2) is 90.0 Å². The zero-order valence-corrected chi connectivity index (χ0v) is 15.7. The number of benzene rings is 3. The lowest BCUT2D eigenvalue weighted by atomic mass is 9.90. The Morgan fingerprint density at radius 3 is 2.00 bits per heavy atom. The summed E-state index contributed by atoms with van der Waals surface area (Å²) in [7, 11) is 0. The van der Waals surface area contributed by atoms with Crippen LogP contribution in [0.25, 0.3) is 0 Å². The SMILES string of the molecule is O=C(CNC(=O)C(c1ccccc1)c1ccccc1)NN=Cc1ccccc1O. The minimum Gasteiger partial charge on any atom is -0.507 e. The van der Waals surface area contributed by atoms with Crippen LogP contribution in [0.3, 0.4) is 0 Å². The molecule has 0 aromatic heterocycles. The number of phenols is 1. The molecule has 0 bridgehead atoms. The van der Waals surface area contributed by atoms with Crippen LogP contribution in [0.5, 0.6) is 5.75 Å². The molecule has 3 rings (SSSR count). The fraction of sp³-hybridized carbons (Fsp3) is 0.0870. The second kappa shape index (κ2) is 9.85. The Bertz CT molecular complexity index is 949. The summed E-state index contributed by atoms with van der Waals surface area (Å²) in [6.07, 6.45) is 1.34. The summed E-state index contributed by atoms with van der Waals surface area (Å²) in [5, 5.41) is 16.1. The standard InChI is InChI=1S/C23H21N3O3/c27-20-14-8-7-13-19(20)15-25-26-21(28)16-24-23(29)22(17-9-3-1-4-10-17)18-11-5-2-6-12-18/h1-15,22,27H,16H2,(H,24,29)(H,26,28). The molecule has 0 saturated heterocycles. The normalized spacial score (nSPS) is 10.8. The van der Waals surface area contributed by atoms with Gasteiger partial charge in [0, 0.05) is 5.56 Å². The number of nitrogens with zero attached hydrogens (tertiary/aromatic N) is 1. The fourth-order valence-corrected chi connectivity index (χ4v) is 2.87. The van der Waals surface area contributed by atoms with Crippen molar-refractivity contribution in [2.45, 2.75) is 5.92 Å². The molecule has 6 nitrogen and oxygen atoms in total. The minimum absolute atomic E-state index is 0.0624. The molecule has 6 heteroatoms. The van der Waals surface area contributed by atoms with Crippen LogP contribution in [0.2, 0.25) is 0 Å². The van der Waals surface area contributed by atoms with Crippen molar-refractivity contribution in [2.75, 3.05) is 6.54 Å². The summed E-state index contributed by atoms with van der Waals surface area (Å²) in [5.41, 5.74) is 4.50. The number of para-hydroxylation sites is 1. The van der Waals surface area contributed by atoms with E-state index in [1.165, 1.54) is 12.3 Å². The highest BCUT2D eigenvalue weighted by molar-refractivity contribution is 5.91. The smallest absolute Gasteiger partial charge is 0.259 e. The van der Waals surface area contributed by atoms with Crippen LogP contribution < -0.4 is 10.7 Å². The number of carbonyl (C=O) groups is 2. The Morgan fingerprint density at radius 1 is 0.862 bits per heavy atom. The van der Waals surface area contributed by atoms with Gasteiger partial charge in [-0.1, -0.05) is 72.8 Å². The van der Waals surface area contributed by atoms with Gasteiger partial charge in [-0.25, -0.2) is 5.43 Å². The van der Waals surface area contributed by atoms with Gasteiger partial charge in [0.15, 0.2) is 0 Å². The van der Waals surface area contributed by atoms with Gasteiger partial charge in [0.1, 0.15) is 5.75 Å². The molecule has 29 heavy (non-hydrogen) atoms. The second-order valence-electron chi connectivity index (χ2n) is 6.32. The number of aromatic hydroxyl groups is 1. The number of hydrazone groups is 1. The quantitative estimate of drug-likeness (QED) is 0.430. The van der Waals surface area contributed by atoms with Gasteiger partial charge in [-0.2, -0.15) is 5.10 Å². The van der Waals surface area contributed by atoms with Crippen LogP contribution in [-0.2, 0) is 9.59 Å². The molecule has 0 spiro atoms. The summed E-state index contributed by atoms with van der Waals surface area (Å²) in [6, 6.07) is 25.4. The van der Waals surface area contributed by atoms with Crippen molar-refractivity contribution in [1.82, 2.24) is 10.7 Å². The van der Waals surface area contributed by atoms with Crippen molar-refractivity contribution in [3.05, 3.63) is 102 Å². The van der Waals surface area contributed by atoms with Crippen LogP contribution in [0, 0.1) is 0 Å². The number of carbonyl (C=O) groups excluding carboxylic acids is 2. The van der Waals surface area contributed by atoms with E-state index in [9.17, 15) is 14.7 Å². The van der Waals surface area contributed by atoms with E-state index in [0.717, 1.165) is 11.1 Å². The highest BCUT2D eigenvalue weighted by Crippen LogP contribution is 2.24. The van der Waals surface area contributed by atoms with E-state index in [2.05, 4.69) is 15.8 Å². The molecule has 0 heterocycles. The third-order valence-electron chi connectivity index (χ3n) is 4.28. The van der Waals surface area contributed by atoms with Gasteiger partial charge in [0.25, 0.3) is 5.91 Å². The van der Waals surface area contributed by atoms with Crippen molar-refractivity contribution < 1.29 is 14.7 Å². The first-order valence-corrected chi connectivity index (χ1v) is 9.12. The monoisotopic (exact) mass is 387 g/mol. The van der Waals surface area contributed by atoms with E-state index in [-0.39, 0.29) is 18.2 Å². The number of nitrogens with one attached hydrogen (secondary N) is 2. The molecule has 0 aliphatic carbocycles. The summed E-state index contributed by atoms with van der Waals surface area (Å²) in [6.45, 7) is -0.215. The molecule has 0 fully saturated rings. The van der Waals surface area contributed by atoms with Crippen LogP contribution >= 0.6 is 0 Å². The topological polar surface area (TPSA) is 90.8 Å². The van der Waals surface area contributed by atoms with Gasteiger partial charge < -0.3 is 10.4 Å². The number of rotatable bonds is 7. The average Bonchev–Trinajstić information content (AvgIpc) is 2.75. The number of hydrogen-bond donors (Lipinski definition) is 3. The van der Waals surface area contributed by atoms with Gasteiger partial charge in [0.05, 0.1) is 18.7 Å². The van der Waals surface area contributed by atoms with E-state index in [1.807, 2.05) is 60.7 Å². The molecule has 0 radical (unpaired) electrons. The first kappa shape index (κ1) is 19.8. The van der Waals surface area contributed by atoms with E-state index in [4.69, 9.17) is 0 Å². The molecule has 3 aromatic carbocycles. The lowest BCUT2D eigenvalue weighted by molar-refractivity contribution is -0.126. The Labute approximate surface area is 168 Å². The van der Waals surface area contributed by atoms with Crippen LogP contribution in [0.1, 0.15) is 22.6 Å². The molecule has 3 N–H and O–H groups in total. The van der Waals surface area contributed by atoms with Crippen molar-refractivity contribution >= 4 is 18.0 Å². The molecular weight excluding hydrogens is 366 g/mol. The Balaban J connectivity index is 1.61. The highest BCUT2D eigenvalue weighted by atomic mass is 16.3. The van der Waals surface area contributed by atoms with E-state index in [1.54, 1.807) is 18.2 Å². The minimum atomic E-state index is -0.519. The van der Waals surface area contributed by atoms with E-state index in [0.29, 0.717) is 5.56 Å². The maximum Gasteiger partial charge on any atom is 0.259 e. The Kier molecular flexibility index (Phi) is 6.73. The summed E-state index contributed by atoms with van der Waals surface area (Å²) in [4.78, 5) is 24.8. The van der Waals surface area contributed by atoms with Crippen molar-refractivity contribution in [3.8, 4) is 5.75 Å². The molecule has 0 atom stereocenters. The van der Waals surface area contributed by atoms with E-state index >= 15 is 0 Å². The Morgan fingerprint density at radius 2 is 1.41 bits per heavy atom. The molecule has 3 aromatic rings. The lowest BCUT2D eigenvalue weighted by Crippen LogP contribution is -2.37. The molecule has 0 aliphatic rings. The largest absolute Gasteiger partial charge is 0.507 e. The average molecular weight is 387 g/mol.